The van der Waals surface area contributed by atoms with Crippen LogP contribution in [0.5, 0.6) is 0 Å². The van der Waals surface area contributed by atoms with Crippen LogP contribution in [0.4, 0.5) is 0 Å². The molecule has 0 heterocycles. The number of fused-ring (bicyclic) bond motifs is 3. The Balaban J connectivity index is 2.02. The van der Waals surface area contributed by atoms with Crippen LogP contribution >= 0.6 is 0 Å². The Labute approximate surface area is 100 Å². The average Bonchev–Trinajstić information content (AvgIpc) is 2.67. The fourth-order valence-corrected chi connectivity index (χ4v) is 3.72. The van der Waals surface area contributed by atoms with Crippen LogP contribution in [-0.2, 0) is 4.79 Å². The van der Waals surface area contributed by atoms with Crippen LogP contribution in [-0.4, -0.2) is 5.78 Å². The average molecular weight is 222 g/mol. The first-order valence-corrected chi connectivity index (χ1v) is 6.38. The van der Waals surface area contributed by atoms with Crippen LogP contribution in [0.3, 0.4) is 0 Å². The topological polar surface area (TPSA) is 17.1 Å². The molecule has 1 fully saturated rings. The highest BCUT2D eigenvalue weighted by atomic mass is 16.1. The molecule has 0 aromatic heterocycles. The Morgan fingerprint density at radius 2 is 1.65 bits per heavy atom. The summed E-state index contributed by atoms with van der Waals surface area (Å²) >= 11 is 0. The van der Waals surface area contributed by atoms with E-state index in [1.807, 2.05) is 0 Å². The lowest BCUT2D eigenvalue weighted by molar-refractivity contribution is -0.120. The third-order valence-electron chi connectivity index (χ3n) is 4.44. The minimum Gasteiger partial charge on any atom is -0.300 e. The highest BCUT2D eigenvalue weighted by Crippen LogP contribution is 2.52. The Bertz CT molecular complexity index is 621. The van der Waals surface area contributed by atoms with Crippen molar-refractivity contribution in [3.8, 4) is 0 Å². The second-order valence-electron chi connectivity index (χ2n) is 5.29. The molecule has 0 radical (unpaired) electrons. The Kier molecular flexibility index (Phi) is 1.77. The second kappa shape index (κ2) is 3.19. The summed E-state index contributed by atoms with van der Waals surface area (Å²) in [6.45, 7) is 0. The number of benzene rings is 2. The van der Waals surface area contributed by atoms with E-state index in [4.69, 9.17) is 0 Å². The summed E-state index contributed by atoms with van der Waals surface area (Å²) in [5.74, 6) is 1.49. The van der Waals surface area contributed by atoms with Gasteiger partial charge in [0, 0.05) is 12.8 Å². The fourth-order valence-electron chi connectivity index (χ4n) is 3.72. The first-order valence-electron chi connectivity index (χ1n) is 6.38. The van der Waals surface area contributed by atoms with Crippen LogP contribution in [0.15, 0.2) is 36.4 Å². The van der Waals surface area contributed by atoms with Crippen LogP contribution in [0.1, 0.15) is 42.2 Å². The smallest absolute Gasteiger partial charge is 0.133 e. The SMILES string of the molecule is O=C1CCC2c3cccc4cccc(c34)C2C1. The molecule has 0 aliphatic heterocycles. The summed E-state index contributed by atoms with van der Waals surface area (Å²) in [5, 5.41) is 2.77. The van der Waals surface area contributed by atoms with Crippen molar-refractivity contribution in [3.63, 3.8) is 0 Å². The Morgan fingerprint density at radius 3 is 2.41 bits per heavy atom. The van der Waals surface area contributed by atoms with Crippen LogP contribution in [0, 0.1) is 0 Å². The number of Topliss-reactive ketones (excluding diaryl/α,β-unsaturated/α-hetero) is 1. The minimum atomic E-state index is 0.441. The van der Waals surface area contributed by atoms with E-state index in [1.165, 1.54) is 21.9 Å². The molecule has 0 N–H and O–H groups in total. The molecule has 0 bridgehead atoms. The van der Waals surface area contributed by atoms with Gasteiger partial charge in [0.2, 0.25) is 0 Å². The molecule has 1 heteroatoms. The zero-order valence-corrected chi connectivity index (χ0v) is 9.65. The van der Waals surface area contributed by atoms with Gasteiger partial charge in [0.15, 0.2) is 0 Å². The van der Waals surface area contributed by atoms with E-state index in [0.717, 1.165) is 19.3 Å². The van der Waals surface area contributed by atoms with E-state index in [0.29, 0.717) is 17.6 Å². The van der Waals surface area contributed by atoms with Gasteiger partial charge in [-0.05, 0) is 40.2 Å². The van der Waals surface area contributed by atoms with Crippen molar-refractivity contribution >= 4 is 16.6 Å². The zero-order chi connectivity index (χ0) is 11.4. The minimum absolute atomic E-state index is 0.441. The van der Waals surface area contributed by atoms with Gasteiger partial charge in [0.1, 0.15) is 5.78 Å². The number of ketones is 1. The number of hydrogen-bond donors (Lipinski definition) is 0. The van der Waals surface area contributed by atoms with Gasteiger partial charge in [0.25, 0.3) is 0 Å². The van der Waals surface area contributed by atoms with Crippen molar-refractivity contribution in [3.05, 3.63) is 47.5 Å². The third-order valence-corrected chi connectivity index (χ3v) is 4.44. The summed E-state index contributed by atoms with van der Waals surface area (Å²) in [4.78, 5) is 11.7. The molecular weight excluding hydrogens is 208 g/mol. The maximum atomic E-state index is 11.7. The standard InChI is InChI=1S/C16H14O/c17-11-7-8-12-13-5-1-3-10-4-2-6-14(16(10)13)15(12)9-11/h1-6,12,15H,7-9H2. The fraction of sp³-hybridized carbons (Fsp3) is 0.312. The summed E-state index contributed by atoms with van der Waals surface area (Å²) in [6.07, 6.45) is 2.56. The lowest BCUT2D eigenvalue weighted by atomic mass is 9.77. The van der Waals surface area contributed by atoms with Crippen molar-refractivity contribution < 1.29 is 4.79 Å². The highest BCUT2D eigenvalue weighted by Gasteiger charge is 2.38. The maximum absolute atomic E-state index is 11.7. The molecule has 2 aliphatic carbocycles. The van der Waals surface area contributed by atoms with Crippen LogP contribution < -0.4 is 0 Å². The molecule has 0 spiro atoms. The van der Waals surface area contributed by atoms with E-state index in [9.17, 15) is 4.79 Å². The molecule has 2 aromatic carbocycles. The summed E-state index contributed by atoms with van der Waals surface area (Å²) in [5.41, 5.74) is 2.90. The third kappa shape index (κ3) is 1.17. The van der Waals surface area contributed by atoms with E-state index in [-0.39, 0.29) is 0 Å². The number of rotatable bonds is 0. The molecule has 0 amide bonds. The number of carbonyl (C=O) groups excluding carboxylic acids is 1. The molecular formula is C16H14O. The van der Waals surface area contributed by atoms with Gasteiger partial charge in [-0.3, -0.25) is 4.79 Å². The Morgan fingerprint density at radius 1 is 0.941 bits per heavy atom. The van der Waals surface area contributed by atoms with Gasteiger partial charge in [-0.15, -0.1) is 0 Å². The van der Waals surface area contributed by atoms with Crippen molar-refractivity contribution in [2.45, 2.75) is 31.1 Å². The summed E-state index contributed by atoms with van der Waals surface area (Å²) < 4.78 is 0. The number of hydrogen-bond acceptors (Lipinski definition) is 1. The molecule has 0 saturated heterocycles. The van der Waals surface area contributed by atoms with Gasteiger partial charge in [-0.25, -0.2) is 0 Å². The summed E-state index contributed by atoms with van der Waals surface area (Å²) in [6, 6.07) is 13.1. The van der Waals surface area contributed by atoms with Crippen molar-refractivity contribution in [2.24, 2.45) is 0 Å². The van der Waals surface area contributed by atoms with E-state index < -0.39 is 0 Å². The molecule has 17 heavy (non-hydrogen) atoms. The molecule has 2 aromatic rings. The first kappa shape index (κ1) is 9.41. The molecule has 84 valence electrons. The lowest BCUT2D eigenvalue weighted by Gasteiger charge is -2.25. The van der Waals surface area contributed by atoms with Gasteiger partial charge in [-0.2, -0.15) is 0 Å². The van der Waals surface area contributed by atoms with E-state index in [1.54, 1.807) is 0 Å². The molecule has 2 atom stereocenters. The van der Waals surface area contributed by atoms with Crippen molar-refractivity contribution in [1.29, 1.82) is 0 Å². The molecule has 1 saturated carbocycles. The second-order valence-corrected chi connectivity index (χ2v) is 5.29. The van der Waals surface area contributed by atoms with Gasteiger partial charge < -0.3 is 0 Å². The monoisotopic (exact) mass is 222 g/mol. The van der Waals surface area contributed by atoms with Gasteiger partial charge >= 0.3 is 0 Å². The van der Waals surface area contributed by atoms with Crippen molar-refractivity contribution in [1.82, 2.24) is 0 Å². The van der Waals surface area contributed by atoms with Crippen LogP contribution in [0.25, 0.3) is 10.8 Å². The number of carbonyl (C=O) groups is 1. The predicted octanol–water partition coefficient (Wildman–Crippen LogP) is 3.77. The normalized spacial score (nSPS) is 26.2. The largest absolute Gasteiger partial charge is 0.300 e. The molecule has 2 aliphatic rings. The van der Waals surface area contributed by atoms with Gasteiger partial charge in [-0.1, -0.05) is 36.4 Å². The summed E-state index contributed by atoms with van der Waals surface area (Å²) in [7, 11) is 0. The highest BCUT2D eigenvalue weighted by molar-refractivity contribution is 5.94. The molecule has 4 rings (SSSR count). The molecule has 1 nitrogen and oxygen atoms in total. The quantitative estimate of drug-likeness (QED) is 0.663. The zero-order valence-electron chi connectivity index (χ0n) is 9.65. The Hall–Kier alpha value is -1.63. The first-order chi connectivity index (χ1) is 8.34. The van der Waals surface area contributed by atoms with E-state index in [2.05, 4.69) is 36.4 Å². The predicted molar refractivity (Wildman–Crippen MR) is 68.3 cm³/mol. The maximum Gasteiger partial charge on any atom is 0.133 e. The molecule has 2 unspecified atom stereocenters. The van der Waals surface area contributed by atoms with Crippen molar-refractivity contribution in [2.75, 3.05) is 0 Å². The van der Waals surface area contributed by atoms with Crippen LogP contribution in [0.2, 0.25) is 0 Å². The van der Waals surface area contributed by atoms with E-state index >= 15 is 0 Å². The van der Waals surface area contributed by atoms with Gasteiger partial charge in [0.05, 0.1) is 0 Å². The lowest BCUT2D eigenvalue weighted by Crippen LogP contribution is -2.18.